The number of hydrogen-bond donors (Lipinski definition) is 0. The second-order valence-corrected chi connectivity index (χ2v) is 7.81. The molecule has 4 rings (SSSR count). The van der Waals surface area contributed by atoms with Gasteiger partial charge in [-0.05, 0) is 49.2 Å². The van der Waals surface area contributed by atoms with Crippen LogP contribution >= 0.6 is 0 Å². The minimum Gasteiger partial charge on any atom is -0.305 e. The first-order chi connectivity index (χ1) is 15.3. The number of benzene rings is 3. The largest absolute Gasteiger partial charge is 0.305 e. The zero-order chi connectivity index (χ0) is 23.0. The van der Waals surface area contributed by atoms with Gasteiger partial charge in [0.05, 0.1) is 6.04 Å². The third-order valence-corrected chi connectivity index (χ3v) is 5.70. The fourth-order valence-corrected chi connectivity index (χ4v) is 4.32. The van der Waals surface area contributed by atoms with E-state index in [1.807, 2.05) is 42.5 Å². The van der Waals surface area contributed by atoms with Gasteiger partial charge in [0, 0.05) is 29.9 Å². The Labute approximate surface area is 183 Å². The minimum atomic E-state index is -1.62. The standard InChI is InChI=1S/C25H21F3N2O2/c1-15-12-23(30(16(2)31)18-8-4-3-5-9-18)19-10-6-7-11-22(19)29(15)25(32)17-13-20(26)24(28)21(27)14-17/h3-11,13-15,23H,12H2,1-2H3/t15-,23+/m1/s1. The van der Waals surface area contributed by atoms with E-state index in [4.69, 9.17) is 0 Å². The van der Waals surface area contributed by atoms with Crippen LogP contribution in [0.15, 0.2) is 66.7 Å². The monoisotopic (exact) mass is 438 g/mol. The molecule has 0 saturated carbocycles. The summed E-state index contributed by atoms with van der Waals surface area (Å²) in [6.07, 6.45) is 0.406. The van der Waals surface area contributed by atoms with Gasteiger partial charge in [0.1, 0.15) is 0 Å². The van der Waals surface area contributed by atoms with Crippen LogP contribution in [0.4, 0.5) is 24.5 Å². The van der Waals surface area contributed by atoms with Crippen molar-refractivity contribution in [3.63, 3.8) is 0 Å². The van der Waals surface area contributed by atoms with Crippen LogP contribution in [0.5, 0.6) is 0 Å². The van der Waals surface area contributed by atoms with Crippen LogP contribution in [0.1, 0.15) is 42.2 Å². The van der Waals surface area contributed by atoms with Gasteiger partial charge in [-0.15, -0.1) is 0 Å². The second kappa shape index (κ2) is 8.49. The first-order valence-corrected chi connectivity index (χ1v) is 10.2. The highest BCUT2D eigenvalue weighted by atomic mass is 19.2. The van der Waals surface area contributed by atoms with Gasteiger partial charge in [-0.1, -0.05) is 36.4 Å². The first kappa shape index (κ1) is 21.6. The van der Waals surface area contributed by atoms with E-state index in [1.54, 1.807) is 24.0 Å². The number of nitrogens with zero attached hydrogens (tertiary/aromatic N) is 2. The molecule has 164 valence electrons. The lowest BCUT2D eigenvalue weighted by Gasteiger charge is -2.43. The highest BCUT2D eigenvalue weighted by Crippen LogP contribution is 2.42. The fraction of sp³-hybridized carbons (Fsp3) is 0.200. The molecule has 0 saturated heterocycles. The zero-order valence-electron chi connectivity index (χ0n) is 17.6. The molecule has 0 bridgehead atoms. The number of fused-ring (bicyclic) bond motifs is 1. The Hall–Kier alpha value is -3.61. The summed E-state index contributed by atoms with van der Waals surface area (Å²) in [5, 5.41) is 0. The molecule has 0 aromatic heterocycles. The molecule has 7 heteroatoms. The molecular formula is C25H21F3N2O2. The van der Waals surface area contributed by atoms with Crippen LogP contribution in [-0.4, -0.2) is 17.9 Å². The van der Waals surface area contributed by atoms with Crippen molar-refractivity contribution in [2.75, 3.05) is 9.80 Å². The van der Waals surface area contributed by atoms with E-state index in [-0.39, 0.29) is 17.5 Å². The number of amides is 2. The lowest BCUT2D eigenvalue weighted by atomic mass is 9.89. The smallest absolute Gasteiger partial charge is 0.258 e. The third-order valence-electron chi connectivity index (χ3n) is 5.70. The normalized spacial score (nSPS) is 17.6. The van der Waals surface area contributed by atoms with Gasteiger partial charge in [-0.2, -0.15) is 0 Å². The second-order valence-electron chi connectivity index (χ2n) is 7.81. The van der Waals surface area contributed by atoms with Crippen LogP contribution < -0.4 is 9.80 Å². The summed E-state index contributed by atoms with van der Waals surface area (Å²) in [7, 11) is 0. The van der Waals surface area contributed by atoms with Crippen LogP contribution in [0.25, 0.3) is 0 Å². The number of anilines is 2. The summed E-state index contributed by atoms with van der Waals surface area (Å²) in [4.78, 5) is 29.0. The molecule has 3 aromatic rings. The molecule has 32 heavy (non-hydrogen) atoms. The van der Waals surface area contributed by atoms with Crippen molar-refractivity contribution >= 4 is 23.2 Å². The van der Waals surface area contributed by atoms with Crippen molar-refractivity contribution < 1.29 is 22.8 Å². The Morgan fingerprint density at radius 1 is 0.938 bits per heavy atom. The minimum absolute atomic E-state index is 0.148. The number of carbonyl (C=O) groups is 2. The number of hydrogen-bond acceptors (Lipinski definition) is 2. The maximum Gasteiger partial charge on any atom is 0.258 e. The van der Waals surface area contributed by atoms with Crippen molar-refractivity contribution in [1.29, 1.82) is 0 Å². The quantitative estimate of drug-likeness (QED) is 0.497. The average Bonchev–Trinajstić information content (AvgIpc) is 2.77. The topological polar surface area (TPSA) is 40.6 Å². The lowest BCUT2D eigenvalue weighted by Crippen LogP contribution is -2.47. The summed E-state index contributed by atoms with van der Waals surface area (Å²) in [6, 6.07) is 17.0. The Bertz CT molecular complexity index is 1160. The molecular weight excluding hydrogens is 417 g/mol. The molecule has 2 atom stereocenters. The molecule has 3 aromatic carbocycles. The SMILES string of the molecule is CC(=O)N(c1ccccc1)[C@H]1C[C@@H](C)N(C(=O)c2cc(F)c(F)c(F)c2)c2ccccc21. The maximum absolute atomic E-state index is 13.8. The molecule has 1 aliphatic heterocycles. The van der Waals surface area contributed by atoms with E-state index in [0.717, 1.165) is 11.3 Å². The van der Waals surface area contributed by atoms with Crippen LogP contribution in [-0.2, 0) is 4.79 Å². The van der Waals surface area contributed by atoms with Crippen LogP contribution in [0.3, 0.4) is 0 Å². The van der Waals surface area contributed by atoms with Crippen LogP contribution in [0, 0.1) is 17.5 Å². The average molecular weight is 438 g/mol. The van der Waals surface area contributed by atoms with E-state index in [1.165, 1.54) is 11.8 Å². The Morgan fingerprint density at radius 2 is 1.53 bits per heavy atom. The van der Waals surface area contributed by atoms with Gasteiger partial charge < -0.3 is 9.80 Å². The molecule has 1 heterocycles. The molecule has 2 amide bonds. The molecule has 1 aliphatic rings. The van der Waals surface area contributed by atoms with Crippen molar-refractivity contribution in [3.8, 4) is 0 Å². The van der Waals surface area contributed by atoms with Gasteiger partial charge in [0.15, 0.2) is 17.5 Å². The number of carbonyl (C=O) groups excluding carboxylic acids is 2. The summed E-state index contributed by atoms with van der Waals surface area (Å²) in [6.45, 7) is 3.29. The van der Waals surface area contributed by atoms with E-state index in [2.05, 4.69) is 0 Å². The van der Waals surface area contributed by atoms with E-state index in [9.17, 15) is 22.8 Å². The number of rotatable bonds is 3. The van der Waals surface area contributed by atoms with Crippen molar-refractivity contribution in [3.05, 3.63) is 95.3 Å². The molecule has 0 spiro atoms. The molecule has 0 radical (unpaired) electrons. The Balaban J connectivity index is 1.79. The van der Waals surface area contributed by atoms with E-state index < -0.39 is 29.4 Å². The Kier molecular flexibility index (Phi) is 5.74. The fourth-order valence-electron chi connectivity index (χ4n) is 4.32. The van der Waals surface area contributed by atoms with Crippen molar-refractivity contribution in [2.24, 2.45) is 0 Å². The summed E-state index contributed by atoms with van der Waals surface area (Å²) in [5.41, 5.74) is 1.72. The molecule has 0 fully saturated rings. The van der Waals surface area contributed by atoms with E-state index >= 15 is 0 Å². The highest BCUT2D eigenvalue weighted by Gasteiger charge is 2.38. The summed E-state index contributed by atoms with van der Waals surface area (Å²) in [5.74, 6) is -5.25. The Morgan fingerprint density at radius 3 is 2.16 bits per heavy atom. The first-order valence-electron chi connectivity index (χ1n) is 10.2. The van der Waals surface area contributed by atoms with E-state index in [0.29, 0.717) is 24.2 Å². The maximum atomic E-state index is 13.8. The third kappa shape index (κ3) is 3.75. The van der Waals surface area contributed by atoms with Crippen molar-refractivity contribution in [1.82, 2.24) is 0 Å². The summed E-state index contributed by atoms with van der Waals surface area (Å²) >= 11 is 0. The van der Waals surface area contributed by atoms with Gasteiger partial charge in [0.2, 0.25) is 5.91 Å². The van der Waals surface area contributed by atoms with Gasteiger partial charge in [-0.25, -0.2) is 13.2 Å². The molecule has 0 N–H and O–H groups in total. The van der Waals surface area contributed by atoms with Crippen LogP contribution in [0.2, 0.25) is 0 Å². The predicted molar refractivity (Wildman–Crippen MR) is 116 cm³/mol. The lowest BCUT2D eigenvalue weighted by molar-refractivity contribution is -0.117. The number of para-hydroxylation sites is 2. The van der Waals surface area contributed by atoms with Crippen molar-refractivity contribution in [2.45, 2.75) is 32.4 Å². The number of halogens is 3. The van der Waals surface area contributed by atoms with Gasteiger partial charge in [0.25, 0.3) is 5.91 Å². The van der Waals surface area contributed by atoms with Gasteiger partial charge >= 0.3 is 0 Å². The summed E-state index contributed by atoms with van der Waals surface area (Å²) < 4.78 is 40.9. The molecule has 0 unspecified atom stereocenters. The predicted octanol–water partition coefficient (Wildman–Crippen LogP) is 5.64. The molecule has 0 aliphatic carbocycles. The zero-order valence-corrected chi connectivity index (χ0v) is 17.6. The highest BCUT2D eigenvalue weighted by molar-refractivity contribution is 6.07. The molecule has 4 nitrogen and oxygen atoms in total. The van der Waals surface area contributed by atoms with Gasteiger partial charge in [-0.3, -0.25) is 9.59 Å².